The van der Waals surface area contributed by atoms with E-state index in [4.69, 9.17) is 30.5 Å². The van der Waals surface area contributed by atoms with Crippen LogP contribution in [0, 0.1) is 0 Å². The minimum absolute atomic E-state index is 0.0426. The molecule has 2 unspecified atom stereocenters. The predicted octanol–water partition coefficient (Wildman–Crippen LogP) is 2.46. The number of halogens is 1. The quantitative estimate of drug-likeness (QED) is 0.596. The van der Waals surface area contributed by atoms with Crippen molar-refractivity contribution < 1.29 is 23.7 Å². The van der Waals surface area contributed by atoms with E-state index in [0.29, 0.717) is 16.3 Å². The summed E-state index contributed by atoms with van der Waals surface area (Å²) in [6, 6.07) is 7.19. The maximum atomic E-state index is 11.4. The molecule has 0 fully saturated rings. The van der Waals surface area contributed by atoms with Crippen LogP contribution in [-0.2, 0) is 23.7 Å². The Morgan fingerprint density at radius 1 is 1.35 bits per heavy atom. The number of benzene rings is 1. The number of rotatable bonds is 6. The summed E-state index contributed by atoms with van der Waals surface area (Å²) in [5.41, 5.74) is 0.703. The molecule has 0 bridgehead atoms. The van der Waals surface area contributed by atoms with Gasteiger partial charge in [0.2, 0.25) is 0 Å². The summed E-state index contributed by atoms with van der Waals surface area (Å²) in [6.45, 7) is 0.0426. The fourth-order valence-corrected chi connectivity index (χ4v) is 2.23. The van der Waals surface area contributed by atoms with Gasteiger partial charge in [0, 0.05) is 17.7 Å². The molecule has 0 spiro atoms. The van der Waals surface area contributed by atoms with Gasteiger partial charge >= 0.3 is 5.97 Å². The molecule has 0 amide bonds. The SMILES string of the molecule is COCOC(c1ccccc1Cl)C1OC(=O)C=C1OC. The van der Waals surface area contributed by atoms with Crippen LogP contribution in [-0.4, -0.2) is 33.1 Å². The van der Waals surface area contributed by atoms with Crippen molar-refractivity contribution in [1.82, 2.24) is 0 Å². The summed E-state index contributed by atoms with van der Waals surface area (Å²) in [7, 11) is 2.98. The summed E-state index contributed by atoms with van der Waals surface area (Å²) in [5, 5.41) is 0.520. The van der Waals surface area contributed by atoms with E-state index in [1.165, 1.54) is 20.3 Å². The first-order chi connectivity index (χ1) is 9.67. The molecule has 0 saturated carbocycles. The topological polar surface area (TPSA) is 54.0 Å². The Labute approximate surface area is 122 Å². The lowest BCUT2D eigenvalue weighted by molar-refractivity contribution is -0.155. The summed E-state index contributed by atoms with van der Waals surface area (Å²) in [5.74, 6) is -0.0686. The second-order valence-corrected chi connectivity index (χ2v) is 4.53. The lowest BCUT2D eigenvalue weighted by Crippen LogP contribution is -2.26. The van der Waals surface area contributed by atoms with Crippen molar-refractivity contribution in [3.63, 3.8) is 0 Å². The normalized spacial score (nSPS) is 19.4. The van der Waals surface area contributed by atoms with Gasteiger partial charge < -0.3 is 18.9 Å². The van der Waals surface area contributed by atoms with Gasteiger partial charge in [-0.05, 0) is 6.07 Å². The standard InChI is InChI=1S/C14H15ClO5/c1-17-8-19-13(9-5-3-4-6-10(9)15)14-11(18-2)7-12(16)20-14/h3-7,13-14H,8H2,1-2H3. The lowest BCUT2D eigenvalue weighted by Gasteiger charge is -2.25. The molecule has 1 aromatic carbocycles. The van der Waals surface area contributed by atoms with Crippen molar-refractivity contribution in [2.75, 3.05) is 21.0 Å². The smallest absolute Gasteiger partial charge is 0.335 e. The molecule has 0 saturated heterocycles. The van der Waals surface area contributed by atoms with Gasteiger partial charge in [-0.1, -0.05) is 29.8 Å². The second kappa shape index (κ2) is 6.74. The van der Waals surface area contributed by atoms with Crippen LogP contribution in [0.3, 0.4) is 0 Å². The third-order valence-electron chi connectivity index (χ3n) is 2.87. The largest absolute Gasteiger partial charge is 0.497 e. The Bertz CT molecular complexity index is 514. The molecule has 1 aromatic rings. The van der Waals surface area contributed by atoms with Gasteiger partial charge in [0.1, 0.15) is 18.7 Å². The minimum Gasteiger partial charge on any atom is -0.497 e. The molecule has 20 heavy (non-hydrogen) atoms. The summed E-state index contributed by atoms with van der Waals surface area (Å²) in [4.78, 5) is 11.4. The predicted molar refractivity (Wildman–Crippen MR) is 72.1 cm³/mol. The highest BCUT2D eigenvalue weighted by Crippen LogP contribution is 2.35. The summed E-state index contributed by atoms with van der Waals surface area (Å²) >= 11 is 6.18. The Hall–Kier alpha value is -1.56. The molecule has 0 N–H and O–H groups in total. The van der Waals surface area contributed by atoms with E-state index in [9.17, 15) is 4.79 Å². The monoisotopic (exact) mass is 298 g/mol. The molecular weight excluding hydrogens is 284 g/mol. The molecule has 6 heteroatoms. The van der Waals surface area contributed by atoms with Gasteiger partial charge in [-0.3, -0.25) is 0 Å². The third kappa shape index (κ3) is 3.12. The highest BCUT2D eigenvalue weighted by Gasteiger charge is 2.37. The fraction of sp³-hybridized carbons (Fsp3) is 0.357. The zero-order valence-electron chi connectivity index (χ0n) is 11.2. The van der Waals surface area contributed by atoms with Crippen LogP contribution in [0.5, 0.6) is 0 Å². The molecule has 1 aliphatic heterocycles. The number of hydrogen-bond acceptors (Lipinski definition) is 5. The van der Waals surface area contributed by atoms with Gasteiger partial charge in [0.25, 0.3) is 0 Å². The average Bonchev–Trinajstić information content (AvgIpc) is 2.82. The van der Waals surface area contributed by atoms with E-state index in [0.717, 1.165) is 0 Å². The molecule has 1 aliphatic rings. The van der Waals surface area contributed by atoms with E-state index in [2.05, 4.69) is 0 Å². The number of methoxy groups -OCH3 is 2. The number of cyclic esters (lactones) is 1. The van der Waals surface area contributed by atoms with Gasteiger partial charge in [0.15, 0.2) is 6.10 Å². The molecular formula is C14H15ClO5. The van der Waals surface area contributed by atoms with E-state index < -0.39 is 18.2 Å². The van der Waals surface area contributed by atoms with Gasteiger partial charge in [-0.25, -0.2) is 4.79 Å². The van der Waals surface area contributed by atoms with Crippen molar-refractivity contribution in [2.45, 2.75) is 12.2 Å². The minimum atomic E-state index is -0.678. The van der Waals surface area contributed by atoms with E-state index >= 15 is 0 Å². The Morgan fingerprint density at radius 2 is 2.10 bits per heavy atom. The van der Waals surface area contributed by atoms with E-state index in [1.807, 2.05) is 18.2 Å². The van der Waals surface area contributed by atoms with Crippen molar-refractivity contribution >= 4 is 17.6 Å². The van der Waals surface area contributed by atoms with Crippen LogP contribution in [0.15, 0.2) is 36.1 Å². The maximum Gasteiger partial charge on any atom is 0.335 e. The van der Waals surface area contributed by atoms with Crippen LogP contribution in [0.1, 0.15) is 11.7 Å². The number of ether oxygens (including phenoxy) is 4. The Kier molecular flexibility index (Phi) is 5.00. The maximum absolute atomic E-state index is 11.4. The highest BCUT2D eigenvalue weighted by molar-refractivity contribution is 6.31. The molecule has 108 valence electrons. The molecule has 0 radical (unpaired) electrons. The van der Waals surface area contributed by atoms with Gasteiger partial charge in [-0.2, -0.15) is 0 Å². The number of hydrogen-bond donors (Lipinski definition) is 0. The highest BCUT2D eigenvalue weighted by atomic mass is 35.5. The van der Waals surface area contributed by atoms with Crippen LogP contribution >= 0.6 is 11.6 Å². The van der Waals surface area contributed by atoms with Crippen LogP contribution in [0.25, 0.3) is 0 Å². The molecule has 5 nitrogen and oxygen atoms in total. The van der Waals surface area contributed by atoms with E-state index in [1.54, 1.807) is 6.07 Å². The zero-order valence-corrected chi connectivity index (χ0v) is 11.9. The number of carbonyl (C=O) groups excluding carboxylic acids is 1. The van der Waals surface area contributed by atoms with Crippen LogP contribution in [0.2, 0.25) is 5.02 Å². The molecule has 1 heterocycles. The van der Waals surface area contributed by atoms with Gasteiger partial charge in [-0.15, -0.1) is 0 Å². The third-order valence-corrected chi connectivity index (χ3v) is 3.22. The second-order valence-electron chi connectivity index (χ2n) is 4.12. The number of esters is 1. The Morgan fingerprint density at radius 3 is 2.75 bits per heavy atom. The lowest BCUT2D eigenvalue weighted by atomic mass is 10.0. The Balaban J connectivity index is 2.31. The first-order valence-corrected chi connectivity index (χ1v) is 6.36. The van der Waals surface area contributed by atoms with Crippen LogP contribution in [0.4, 0.5) is 0 Å². The average molecular weight is 299 g/mol. The van der Waals surface area contributed by atoms with E-state index in [-0.39, 0.29) is 6.79 Å². The zero-order chi connectivity index (χ0) is 14.5. The van der Waals surface area contributed by atoms with Crippen molar-refractivity contribution in [2.24, 2.45) is 0 Å². The van der Waals surface area contributed by atoms with Crippen molar-refractivity contribution in [3.05, 3.63) is 46.7 Å². The first-order valence-electron chi connectivity index (χ1n) is 5.98. The number of carbonyl (C=O) groups is 1. The van der Waals surface area contributed by atoms with Crippen molar-refractivity contribution in [1.29, 1.82) is 0 Å². The molecule has 0 aliphatic carbocycles. The fourth-order valence-electron chi connectivity index (χ4n) is 1.99. The molecule has 2 rings (SSSR count). The first kappa shape index (κ1) is 14.8. The summed E-state index contributed by atoms with van der Waals surface area (Å²) in [6.07, 6.45) is 0.0221. The van der Waals surface area contributed by atoms with Crippen LogP contribution < -0.4 is 0 Å². The summed E-state index contributed by atoms with van der Waals surface area (Å²) < 4.78 is 20.9. The molecule has 0 aromatic heterocycles. The van der Waals surface area contributed by atoms with Crippen molar-refractivity contribution in [3.8, 4) is 0 Å². The van der Waals surface area contributed by atoms with Gasteiger partial charge in [0.05, 0.1) is 13.2 Å². The molecule has 2 atom stereocenters.